The third-order valence-electron chi connectivity index (χ3n) is 6.07. The number of phenolic OH excluding ortho intramolecular Hbond substituents is 1. The number of nitrogens with zero attached hydrogens (tertiary/aromatic N) is 1. The number of nitrogens with one attached hydrogen (secondary N) is 1. The Hall–Kier alpha value is -3.92. The lowest BCUT2D eigenvalue weighted by Gasteiger charge is -2.19. The summed E-state index contributed by atoms with van der Waals surface area (Å²) in [5, 5.41) is 24.6. The first-order chi connectivity index (χ1) is 19.0. The number of carbonyl (C=O) groups is 2. The van der Waals surface area contributed by atoms with Gasteiger partial charge in [0.1, 0.15) is 22.0 Å². The highest BCUT2D eigenvalue weighted by Gasteiger charge is 2.38. The maximum atomic E-state index is 12.6. The van der Waals surface area contributed by atoms with Crippen molar-refractivity contribution in [1.82, 2.24) is 5.32 Å². The number of ether oxygens (including phenoxy) is 3. The Kier molecular flexibility index (Phi) is 9.09. The fraction of sp³-hybridized carbons (Fsp3) is 0.367. The van der Waals surface area contributed by atoms with Crippen molar-refractivity contribution in [2.24, 2.45) is 16.8 Å². The number of amides is 1. The number of aliphatic hydroxyl groups is 1. The summed E-state index contributed by atoms with van der Waals surface area (Å²) in [6.07, 6.45) is 2.14. The fourth-order valence-corrected chi connectivity index (χ4v) is 5.03. The van der Waals surface area contributed by atoms with E-state index in [9.17, 15) is 19.8 Å². The van der Waals surface area contributed by atoms with E-state index in [1.807, 2.05) is 39.0 Å². The van der Waals surface area contributed by atoms with Crippen molar-refractivity contribution in [3.8, 4) is 11.5 Å². The maximum Gasteiger partial charge on any atom is 0.407 e. The lowest BCUT2D eigenvalue weighted by Crippen LogP contribution is -2.33. The topological polar surface area (TPSA) is 127 Å². The molecule has 0 saturated heterocycles. The summed E-state index contributed by atoms with van der Waals surface area (Å²) in [5.41, 5.74) is 0.710. The second kappa shape index (κ2) is 12.5. The molecule has 0 radical (unpaired) electrons. The van der Waals surface area contributed by atoms with Gasteiger partial charge in [0.2, 0.25) is 0 Å². The van der Waals surface area contributed by atoms with Gasteiger partial charge < -0.3 is 29.7 Å². The summed E-state index contributed by atoms with van der Waals surface area (Å²) in [5.74, 6) is -0.0153. The van der Waals surface area contributed by atoms with Crippen LogP contribution in [0.3, 0.4) is 0 Å². The van der Waals surface area contributed by atoms with E-state index < -0.39 is 17.7 Å². The second-order valence-corrected chi connectivity index (χ2v) is 11.5. The van der Waals surface area contributed by atoms with Crippen LogP contribution in [0.5, 0.6) is 11.5 Å². The van der Waals surface area contributed by atoms with Gasteiger partial charge in [-0.1, -0.05) is 36.0 Å². The molecule has 2 aliphatic rings. The van der Waals surface area contributed by atoms with Crippen molar-refractivity contribution >= 4 is 40.6 Å². The lowest BCUT2D eigenvalue weighted by molar-refractivity contribution is -0.138. The fourth-order valence-electron chi connectivity index (χ4n) is 4.00. The second-order valence-electron chi connectivity index (χ2n) is 10.5. The van der Waals surface area contributed by atoms with E-state index in [1.165, 1.54) is 6.07 Å². The molecule has 4 rings (SSSR count). The van der Waals surface area contributed by atoms with Crippen molar-refractivity contribution in [1.29, 1.82) is 0 Å². The number of aliphatic imine (C=N–C) groups is 1. The van der Waals surface area contributed by atoms with Crippen molar-refractivity contribution in [2.75, 3.05) is 19.8 Å². The molecule has 10 heteroatoms. The van der Waals surface area contributed by atoms with E-state index in [0.29, 0.717) is 46.0 Å². The van der Waals surface area contributed by atoms with Crippen molar-refractivity contribution < 1.29 is 34.0 Å². The average molecular weight is 567 g/mol. The number of esters is 1. The summed E-state index contributed by atoms with van der Waals surface area (Å²) in [6.45, 7) is 8.24. The van der Waals surface area contributed by atoms with Crippen LogP contribution in [0.25, 0.3) is 6.08 Å². The SMILES string of the molecule is CCOC(=O)C1=C(O)/C(=C/c2ccc(OCC3CC3CNC(=O)OC(C)(C)C)c(O)c2)SC1=Nc1ccccc1. The van der Waals surface area contributed by atoms with Gasteiger partial charge in [0.15, 0.2) is 11.5 Å². The number of phenols is 1. The van der Waals surface area contributed by atoms with Crippen LogP contribution in [0.15, 0.2) is 69.8 Å². The number of benzene rings is 2. The third kappa shape index (κ3) is 7.81. The smallest absolute Gasteiger partial charge is 0.407 e. The van der Waals surface area contributed by atoms with E-state index in [1.54, 1.807) is 37.3 Å². The standard InChI is InChI=1S/C30H34N2O7S/c1-5-37-28(35)25-26(34)24(40-27(25)32-21-9-7-6-8-10-21)14-18-11-12-23(22(33)13-18)38-17-20-15-19(20)16-31-29(36)39-30(2,3)4/h6-14,19-20,33-34H,5,15-17H2,1-4H3,(H,31,36)/b24-14-,32-27?. The molecule has 0 aromatic heterocycles. The van der Waals surface area contributed by atoms with Crippen LogP contribution < -0.4 is 10.1 Å². The van der Waals surface area contributed by atoms with Crippen molar-refractivity contribution in [3.05, 3.63) is 70.3 Å². The number of rotatable bonds is 9. The van der Waals surface area contributed by atoms with Crippen LogP contribution in [0.4, 0.5) is 10.5 Å². The average Bonchev–Trinajstić information content (AvgIpc) is 3.57. The van der Waals surface area contributed by atoms with E-state index in [-0.39, 0.29) is 29.6 Å². The minimum Gasteiger partial charge on any atom is -0.506 e. The number of hydrogen-bond acceptors (Lipinski definition) is 9. The first-order valence-corrected chi connectivity index (χ1v) is 13.9. The first kappa shape index (κ1) is 29.1. The summed E-state index contributed by atoms with van der Waals surface area (Å²) < 4.78 is 16.2. The predicted octanol–water partition coefficient (Wildman–Crippen LogP) is 6.12. The van der Waals surface area contributed by atoms with Crippen LogP contribution in [0.2, 0.25) is 0 Å². The summed E-state index contributed by atoms with van der Waals surface area (Å²) in [6, 6.07) is 14.1. The Labute approximate surface area is 237 Å². The molecule has 2 aromatic carbocycles. The summed E-state index contributed by atoms with van der Waals surface area (Å²) >= 11 is 1.15. The Morgan fingerprint density at radius 3 is 2.55 bits per heavy atom. The van der Waals surface area contributed by atoms with Gasteiger partial charge in [-0.15, -0.1) is 0 Å². The molecule has 0 spiro atoms. The molecular weight excluding hydrogens is 532 g/mol. The molecule has 1 heterocycles. The predicted molar refractivity (Wildman–Crippen MR) is 155 cm³/mol. The Morgan fingerprint density at radius 1 is 1.12 bits per heavy atom. The Balaban J connectivity index is 1.39. The summed E-state index contributed by atoms with van der Waals surface area (Å²) in [7, 11) is 0. The van der Waals surface area contributed by atoms with Gasteiger partial charge in [-0.3, -0.25) is 0 Å². The number of para-hydroxylation sites is 1. The molecule has 0 bridgehead atoms. The third-order valence-corrected chi connectivity index (χ3v) is 7.09. The molecule has 1 aliphatic carbocycles. The lowest BCUT2D eigenvalue weighted by atomic mass is 10.1. The Bertz CT molecular complexity index is 1350. The zero-order chi connectivity index (χ0) is 28.9. The maximum absolute atomic E-state index is 12.6. The van der Waals surface area contributed by atoms with Gasteiger partial charge in [-0.05, 0) is 81.9 Å². The number of hydrogen-bond donors (Lipinski definition) is 3. The van der Waals surface area contributed by atoms with Gasteiger partial charge in [0.25, 0.3) is 0 Å². The molecule has 2 atom stereocenters. The molecule has 1 aliphatic heterocycles. The molecule has 9 nitrogen and oxygen atoms in total. The van der Waals surface area contributed by atoms with E-state index in [0.717, 1.165) is 18.2 Å². The molecular formula is C30H34N2O7S. The van der Waals surface area contributed by atoms with Gasteiger partial charge in [0, 0.05) is 6.54 Å². The highest BCUT2D eigenvalue weighted by atomic mass is 32.2. The van der Waals surface area contributed by atoms with E-state index in [2.05, 4.69) is 10.3 Å². The highest BCUT2D eigenvalue weighted by Crippen LogP contribution is 2.42. The molecule has 1 saturated carbocycles. The van der Waals surface area contributed by atoms with Gasteiger partial charge in [0.05, 0.1) is 23.8 Å². The summed E-state index contributed by atoms with van der Waals surface area (Å²) in [4.78, 5) is 29.4. The van der Waals surface area contributed by atoms with Gasteiger partial charge >= 0.3 is 12.1 Å². The molecule has 2 unspecified atom stereocenters. The minimum absolute atomic E-state index is 0.00581. The molecule has 40 heavy (non-hydrogen) atoms. The molecule has 2 aromatic rings. The normalized spacial score (nSPS) is 20.5. The van der Waals surface area contributed by atoms with Crippen molar-refractivity contribution in [3.63, 3.8) is 0 Å². The van der Waals surface area contributed by atoms with E-state index in [4.69, 9.17) is 14.2 Å². The number of thioether (sulfide) groups is 1. The van der Waals surface area contributed by atoms with Crippen LogP contribution in [-0.4, -0.2) is 52.7 Å². The molecule has 1 amide bonds. The number of carbonyl (C=O) groups excluding carboxylic acids is 2. The monoisotopic (exact) mass is 566 g/mol. The zero-order valence-electron chi connectivity index (χ0n) is 23.0. The Morgan fingerprint density at radius 2 is 1.88 bits per heavy atom. The highest BCUT2D eigenvalue weighted by molar-refractivity contribution is 8.18. The molecule has 212 valence electrons. The number of alkyl carbamates (subject to hydrolysis) is 1. The van der Waals surface area contributed by atoms with Crippen LogP contribution in [0.1, 0.15) is 39.7 Å². The minimum atomic E-state index is -0.656. The van der Waals surface area contributed by atoms with Crippen LogP contribution >= 0.6 is 11.8 Å². The number of aliphatic hydroxyl groups excluding tert-OH is 1. The van der Waals surface area contributed by atoms with Crippen LogP contribution in [-0.2, 0) is 14.3 Å². The van der Waals surface area contributed by atoms with Crippen LogP contribution in [0, 0.1) is 11.8 Å². The van der Waals surface area contributed by atoms with Gasteiger partial charge in [-0.25, -0.2) is 14.6 Å². The first-order valence-electron chi connectivity index (χ1n) is 13.1. The number of aromatic hydroxyl groups is 1. The zero-order valence-corrected chi connectivity index (χ0v) is 23.8. The molecule has 3 N–H and O–H groups in total. The van der Waals surface area contributed by atoms with Crippen molar-refractivity contribution in [2.45, 2.75) is 39.7 Å². The largest absolute Gasteiger partial charge is 0.506 e. The van der Waals surface area contributed by atoms with Gasteiger partial charge in [-0.2, -0.15) is 0 Å². The quantitative estimate of drug-likeness (QED) is 0.310. The van der Waals surface area contributed by atoms with E-state index >= 15 is 0 Å². The molecule has 1 fully saturated rings.